The van der Waals surface area contributed by atoms with E-state index in [2.05, 4.69) is 0 Å². The molecule has 0 spiro atoms. The maximum absolute atomic E-state index is 11.1. The molecule has 0 unspecified atom stereocenters. The summed E-state index contributed by atoms with van der Waals surface area (Å²) in [7, 11) is 0. The van der Waals surface area contributed by atoms with Crippen molar-refractivity contribution in [3.8, 4) is 6.07 Å². The van der Waals surface area contributed by atoms with Crippen LogP contribution in [0.5, 0.6) is 0 Å². The fourth-order valence-corrected chi connectivity index (χ4v) is 1.60. The van der Waals surface area contributed by atoms with E-state index in [1.807, 2.05) is 13.0 Å². The Bertz CT molecular complexity index is 286. The van der Waals surface area contributed by atoms with Gasteiger partial charge in [-0.25, -0.2) is 0 Å². The fraction of sp³-hybridized carbons (Fsp3) is 0.636. The lowest BCUT2D eigenvalue weighted by Crippen LogP contribution is -2.36. The molecule has 1 N–H and O–H groups in total. The molecule has 0 aliphatic carbocycles. The molecule has 0 aromatic carbocycles. The number of nitriles is 1. The third-order valence-corrected chi connectivity index (χ3v) is 2.51. The van der Waals surface area contributed by atoms with Gasteiger partial charge in [0, 0.05) is 0 Å². The fourth-order valence-electron chi connectivity index (χ4n) is 1.60. The van der Waals surface area contributed by atoms with Gasteiger partial charge in [-0.1, -0.05) is 26.8 Å². The summed E-state index contributed by atoms with van der Waals surface area (Å²) in [5.74, 6) is -1.29. The smallest absolute Gasteiger partial charge is 0.328 e. The number of carbonyl (C=O) groups is 1. The lowest BCUT2D eigenvalue weighted by Gasteiger charge is -2.26. The molecule has 0 amide bonds. The Hall–Kier alpha value is -1.30. The Labute approximate surface area is 85.0 Å². The summed E-state index contributed by atoms with van der Waals surface area (Å²) < 4.78 is 0. The molecule has 0 saturated carbocycles. The van der Waals surface area contributed by atoms with Crippen molar-refractivity contribution < 1.29 is 9.90 Å². The van der Waals surface area contributed by atoms with Crippen LogP contribution in [-0.2, 0) is 4.79 Å². The minimum Gasteiger partial charge on any atom is -0.480 e. The molecule has 0 saturated heterocycles. The number of rotatable bonds is 4. The predicted molar refractivity (Wildman–Crippen MR) is 54.6 cm³/mol. The minimum atomic E-state index is -1.37. The van der Waals surface area contributed by atoms with Crippen molar-refractivity contribution in [2.24, 2.45) is 11.3 Å². The first-order valence-corrected chi connectivity index (χ1v) is 4.75. The van der Waals surface area contributed by atoms with Gasteiger partial charge in [0.05, 0.1) is 6.07 Å². The molecular formula is C11H17NO2. The van der Waals surface area contributed by atoms with Crippen LogP contribution in [0.2, 0.25) is 0 Å². The van der Waals surface area contributed by atoms with Crippen LogP contribution in [0.3, 0.4) is 0 Å². The van der Waals surface area contributed by atoms with E-state index in [0.29, 0.717) is 5.57 Å². The van der Waals surface area contributed by atoms with Gasteiger partial charge in [-0.15, -0.1) is 0 Å². The van der Waals surface area contributed by atoms with E-state index in [-0.39, 0.29) is 5.92 Å². The van der Waals surface area contributed by atoms with Crippen molar-refractivity contribution in [3.05, 3.63) is 11.6 Å². The zero-order valence-corrected chi connectivity index (χ0v) is 9.16. The van der Waals surface area contributed by atoms with Gasteiger partial charge >= 0.3 is 5.97 Å². The van der Waals surface area contributed by atoms with Crippen molar-refractivity contribution in [3.63, 3.8) is 0 Å². The van der Waals surface area contributed by atoms with Gasteiger partial charge in [-0.3, -0.25) is 4.79 Å². The van der Waals surface area contributed by atoms with Crippen molar-refractivity contribution >= 4 is 5.97 Å². The molecule has 0 aliphatic heterocycles. The van der Waals surface area contributed by atoms with Crippen LogP contribution in [0.25, 0.3) is 0 Å². The van der Waals surface area contributed by atoms with Crippen LogP contribution >= 0.6 is 0 Å². The first kappa shape index (κ1) is 12.7. The van der Waals surface area contributed by atoms with Crippen molar-refractivity contribution in [1.29, 1.82) is 5.26 Å². The van der Waals surface area contributed by atoms with E-state index in [4.69, 9.17) is 10.4 Å². The van der Waals surface area contributed by atoms with Crippen LogP contribution in [0.4, 0.5) is 0 Å². The second kappa shape index (κ2) is 4.80. The van der Waals surface area contributed by atoms with Crippen molar-refractivity contribution in [1.82, 2.24) is 0 Å². The summed E-state index contributed by atoms with van der Waals surface area (Å²) >= 11 is 0. The van der Waals surface area contributed by atoms with Crippen LogP contribution in [0, 0.1) is 22.7 Å². The lowest BCUT2D eigenvalue weighted by molar-refractivity contribution is -0.145. The Kier molecular flexibility index (Phi) is 4.36. The van der Waals surface area contributed by atoms with Gasteiger partial charge in [-0.2, -0.15) is 5.26 Å². The lowest BCUT2D eigenvalue weighted by atomic mass is 9.72. The molecule has 1 atom stereocenters. The molecule has 0 bridgehead atoms. The number of hydrogen-bond donors (Lipinski definition) is 1. The van der Waals surface area contributed by atoms with Gasteiger partial charge in [0.25, 0.3) is 0 Å². The molecule has 0 rings (SSSR count). The molecule has 0 heterocycles. The maximum Gasteiger partial charge on any atom is 0.328 e. The zero-order chi connectivity index (χ0) is 11.4. The van der Waals surface area contributed by atoms with Gasteiger partial charge in [0.1, 0.15) is 0 Å². The zero-order valence-electron chi connectivity index (χ0n) is 9.16. The normalized spacial score (nSPS) is 16.1. The van der Waals surface area contributed by atoms with E-state index in [0.717, 1.165) is 6.42 Å². The topological polar surface area (TPSA) is 61.1 Å². The highest BCUT2D eigenvalue weighted by atomic mass is 16.4. The number of nitrogens with zero attached hydrogens (tertiary/aromatic N) is 1. The highest BCUT2D eigenvalue weighted by Crippen LogP contribution is 2.35. The second-order valence-electron chi connectivity index (χ2n) is 3.68. The Morgan fingerprint density at radius 2 is 2.14 bits per heavy atom. The Morgan fingerprint density at radius 3 is 2.36 bits per heavy atom. The largest absolute Gasteiger partial charge is 0.480 e. The number of carboxylic acids is 1. The molecule has 78 valence electrons. The predicted octanol–water partition coefficient (Wildman–Crippen LogP) is 2.59. The summed E-state index contributed by atoms with van der Waals surface area (Å²) in [5.41, 5.74) is -0.735. The Balaban J connectivity index is 5.40. The maximum atomic E-state index is 11.1. The first-order valence-electron chi connectivity index (χ1n) is 4.75. The van der Waals surface area contributed by atoms with E-state index in [9.17, 15) is 4.79 Å². The van der Waals surface area contributed by atoms with Crippen LogP contribution < -0.4 is 0 Å². The number of allylic oxidation sites excluding steroid dienone is 1. The minimum absolute atomic E-state index is 0.229. The standard InChI is InChI=1S/C11H17NO2/c1-5-6-9(4)11(7-12,8(2)3)10(13)14/h6,8H,5H2,1-4H3,(H,13,14)/b9-6-/t11-/m0/s1. The van der Waals surface area contributed by atoms with E-state index >= 15 is 0 Å². The van der Waals surface area contributed by atoms with E-state index < -0.39 is 11.4 Å². The number of carboxylic acid groups (broad SMARTS) is 1. The van der Waals surface area contributed by atoms with Crippen LogP contribution in [0.15, 0.2) is 11.6 Å². The average Bonchev–Trinajstić information content (AvgIpc) is 2.05. The molecule has 0 radical (unpaired) electrons. The highest BCUT2D eigenvalue weighted by Gasteiger charge is 2.43. The van der Waals surface area contributed by atoms with Crippen LogP contribution in [0.1, 0.15) is 34.1 Å². The summed E-state index contributed by atoms with van der Waals surface area (Å²) in [4.78, 5) is 11.1. The molecule has 0 fully saturated rings. The third-order valence-electron chi connectivity index (χ3n) is 2.51. The SMILES string of the molecule is CC/C=C(/C)[C@@](C#N)(C(=O)O)C(C)C. The molecule has 0 aromatic heterocycles. The van der Waals surface area contributed by atoms with Crippen molar-refractivity contribution in [2.75, 3.05) is 0 Å². The summed E-state index contributed by atoms with van der Waals surface area (Å²) in [6.07, 6.45) is 2.55. The molecule has 0 aromatic rings. The van der Waals surface area contributed by atoms with Gasteiger partial charge in [-0.05, 0) is 24.8 Å². The molecular weight excluding hydrogens is 178 g/mol. The molecule has 14 heavy (non-hydrogen) atoms. The van der Waals surface area contributed by atoms with E-state index in [1.165, 1.54) is 0 Å². The summed E-state index contributed by atoms with van der Waals surface area (Å²) in [6.45, 7) is 7.14. The van der Waals surface area contributed by atoms with Crippen LogP contribution in [-0.4, -0.2) is 11.1 Å². The molecule has 0 aliphatic rings. The molecule has 3 heteroatoms. The average molecular weight is 195 g/mol. The van der Waals surface area contributed by atoms with Gasteiger partial charge < -0.3 is 5.11 Å². The number of hydrogen-bond acceptors (Lipinski definition) is 2. The van der Waals surface area contributed by atoms with Gasteiger partial charge in [0.15, 0.2) is 5.41 Å². The number of aliphatic carboxylic acids is 1. The third kappa shape index (κ3) is 1.95. The first-order chi connectivity index (χ1) is 6.43. The summed E-state index contributed by atoms with van der Waals surface area (Å²) in [5, 5.41) is 18.2. The highest BCUT2D eigenvalue weighted by molar-refractivity contribution is 5.82. The van der Waals surface area contributed by atoms with Gasteiger partial charge in [0.2, 0.25) is 0 Å². The van der Waals surface area contributed by atoms with E-state index in [1.54, 1.807) is 26.8 Å². The van der Waals surface area contributed by atoms with Crippen molar-refractivity contribution in [2.45, 2.75) is 34.1 Å². The molecule has 3 nitrogen and oxygen atoms in total. The second-order valence-corrected chi connectivity index (χ2v) is 3.68. The Morgan fingerprint density at radius 1 is 1.64 bits per heavy atom. The quantitative estimate of drug-likeness (QED) is 0.701. The summed E-state index contributed by atoms with van der Waals surface area (Å²) in [6, 6.07) is 1.93. The monoisotopic (exact) mass is 195 g/mol.